The zero-order valence-electron chi connectivity index (χ0n) is 9.17. The Morgan fingerprint density at radius 2 is 2.29 bits per heavy atom. The van der Waals surface area contributed by atoms with Crippen LogP contribution in [-0.4, -0.2) is 28.6 Å². The number of H-pyrrole nitrogens is 1. The minimum Gasteiger partial charge on any atom is -0.393 e. The predicted octanol–water partition coefficient (Wildman–Crippen LogP) is 2.21. The minimum atomic E-state index is -0.300. The minimum absolute atomic E-state index is 0.153. The van der Waals surface area contributed by atoms with Crippen LogP contribution in [0.2, 0.25) is 10.2 Å². The van der Waals surface area contributed by atoms with E-state index in [-0.39, 0.29) is 23.1 Å². The molecular formula is C11H14Cl2N2O2. The first-order valence-corrected chi connectivity index (χ1v) is 6.34. The first-order valence-electron chi connectivity index (χ1n) is 5.58. The highest BCUT2D eigenvalue weighted by atomic mass is 35.5. The molecule has 2 rings (SSSR count). The Kier molecular flexibility index (Phi) is 3.97. The summed E-state index contributed by atoms with van der Waals surface area (Å²) in [7, 11) is 0. The van der Waals surface area contributed by atoms with Crippen LogP contribution in [0.1, 0.15) is 29.8 Å². The summed E-state index contributed by atoms with van der Waals surface area (Å²) in [6, 6.07) is 1.49. The number of aliphatic hydroxyl groups is 1. The summed E-state index contributed by atoms with van der Waals surface area (Å²) in [5.41, 5.74) is 0.340. The van der Waals surface area contributed by atoms with Crippen LogP contribution >= 0.6 is 23.2 Å². The van der Waals surface area contributed by atoms with Gasteiger partial charge < -0.3 is 15.4 Å². The van der Waals surface area contributed by atoms with Crippen molar-refractivity contribution in [2.45, 2.75) is 25.4 Å². The maximum atomic E-state index is 11.7. The molecule has 0 aromatic carbocycles. The Labute approximate surface area is 109 Å². The van der Waals surface area contributed by atoms with Gasteiger partial charge in [-0.2, -0.15) is 0 Å². The molecule has 0 saturated heterocycles. The summed E-state index contributed by atoms with van der Waals surface area (Å²) >= 11 is 11.5. The number of hydrogen-bond acceptors (Lipinski definition) is 2. The Balaban J connectivity index is 1.89. The van der Waals surface area contributed by atoms with Crippen LogP contribution in [0.15, 0.2) is 6.07 Å². The number of aromatic nitrogens is 1. The molecule has 17 heavy (non-hydrogen) atoms. The zero-order valence-corrected chi connectivity index (χ0v) is 10.7. The van der Waals surface area contributed by atoms with Gasteiger partial charge in [-0.25, -0.2) is 0 Å². The topological polar surface area (TPSA) is 65.1 Å². The van der Waals surface area contributed by atoms with E-state index in [9.17, 15) is 9.90 Å². The highest BCUT2D eigenvalue weighted by Gasteiger charge is 2.25. The van der Waals surface area contributed by atoms with Crippen LogP contribution in [0.3, 0.4) is 0 Å². The Morgan fingerprint density at radius 3 is 2.82 bits per heavy atom. The summed E-state index contributed by atoms with van der Waals surface area (Å²) in [5.74, 6) is -0.0993. The standard InChI is InChI=1S/C11H14Cl2N2O2/c12-7-4-8(15-10(7)13)11(17)14-5-6-2-1-3-9(6)16/h4,6,9,15-16H,1-3,5H2,(H,14,17). The largest absolute Gasteiger partial charge is 0.393 e. The summed E-state index contributed by atoms with van der Waals surface area (Å²) in [5, 5.41) is 13.0. The lowest BCUT2D eigenvalue weighted by atomic mass is 10.1. The van der Waals surface area contributed by atoms with E-state index < -0.39 is 0 Å². The number of aromatic amines is 1. The van der Waals surface area contributed by atoms with Crippen molar-refractivity contribution in [2.75, 3.05) is 6.54 Å². The molecule has 1 aromatic heterocycles. The van der Waals surface area contributed by atoms with Gasteiger partial charge in [-0.1, -0.05) is 29.6 Å². The van der Waals surface area contributed by atoms with E-state index in [4.69, 9.17) is 23.2 Å². The van der Waals surface area contributed by atoms with E-state index in [1.807, 2.05) is 0 Å². The second-order valence-electron chi connectivity index (χ2n) is 4.31. The van der Waals surface area contributed by atoms with E-state index in [1.165, 1.54) is 6.07 Å². The summed E-state index contributed by atoms with van der Waals surface area (Å²) in [4.78, 5) is 14.4. The molecule has 4 nitrogen and oxygen atoms in total. The van der Waals surface area contributed by atoms with Crippen molar-refractivity contribution < 1.29 is 9.90 Å². The second kappa shape index (κ2) is 5.29. The fraction of sp³-hybridized carbons (Fsp3) is 0.545. The Morgan fingerprint density at radius 1 is 1.53 bits per heavy atom. The van der Waals surface area contributed by atoms with Crippen LogP contribution in [0.25, 0.3) is 0 Å². The molecule has 2 atom stereocenters. The van der Waals surface area contributed by atoms with Crippen LogP contribution < -0.4 is 5.32 Å². The van der Waals surface area contributed by atoms with E-state index in [0.717, 1.165) is 19.3 Å². The van der Waals surface area contributed by atoms with Crippen molar-refractivity contribution >= 4 is 29.1 Å². The third-order valence-corrected chi connectivity index (χ3v) is 3.81. The van der Waals surface area contributed by atoms with Gasteiger partial charge in [0.05, 0.1) is 11.1 Å². The molecular weight excluding hydrogens is 263 g/mol. The number of rotatable bonds is 3. The van der Waals surface area contributed by atoms with Gasteiger partial charge in [-0.3, -0.25) is 4.79 Å². The van der Waals surface area contributed by atoms with Gasteiger partial charge in [0.25, 0.3) is 5.91 Å². The van der Waals surface area contributed by atoms with Crippen LogP contribution in [0.5, 0.6) is 0 Å². The van der Waals surface area contributed by atoms with E-state index in [0.29, 0.717) is 17.3 Å². The normalized spacial score (nSPS) is 23.9. The molecule has 0 aliphatic heterocycles. The fourth-order valence-electron chi connectivity index (χ4n) is 2.10. The molecule has 1 saturated carbocycles. The highest BCUT2D eigenvalue weighted by Crippen LogP contribution is 2.25. The van der Waals surface area contributed by atoms with Gasteiger partial charge in [0.15, 0.2) is 0 Å². The molecule has 0 spiro atoms. The van der Waals surface area contributed by atoms with Gasteiger partial charge in [0, 0.05) is 12.5 Å². The average Bonchev–Trinajstić information content (AvgIpc) is 2.83. The summed E-state index contributed by atoms with van der Waals surface area (Å²) < 4.78 is 0. The third-order valence-electron chi connectivity index (χ3n) is 3.11. The Bertz CT molecular complexity index is 400. The SMILES string of the molecule is O=C(NCC1CCCC1O)c1cc(Cl)c(Cl)[nH]1. The molecule has 1 aliphatic carbocycles. The van der Waals surface area contributed by atoms with Crippen molar-refractivity contribution in [1.82, 2.24) is 10.3 Å². The second-order valence-corrected chi connectivity index (χ2v) is 5.10. The lowest BCUT2D eigenvalue weighted by molar-refractivity contribution is 0.0912. The molecule has 1 fully saturated rings. The summed E-state index contributed by atoms with van der Waals surface area (Å²) in [6.07, 6.45) is 2.49. The van der Waals surface area contributed by atoms with Gasteiger partial charge in [0.2, 0.25) is 0 Å². The molecule has 94 valence electrons. The maximum absolute atomic E-state index is 11.7. The molecule has 0 bridgehead atoms. The molecule has 1 aromatic rings. The van der Waals surface area contributed by atoms with Crippen molar-refractivity contribution in [3.8, 4) is 0 Å². The van der Waals surface area contributed by atoms with E-state index in [1.54, 1.807) is 0 Å². The van der Waals surface area contributed by atoms with Gasteiger partial charge in [0.1, 0.15) is 10.8 Å². The fourth-order valence-corrected chi connectivity index (χ4v) is 2.41. The third kappa shape index (κ3) is 2.94. The van der Waals surface area contributed by atoms with E-state index >= 15 is 0 Å². The van der Waals surface area contributed by atoms with Crippen molar-refractivity contribution in [3.63, 3.8) is 0 Å². The predicted molar refractivity (Wildman–Crippen MR) is 66.5 cm³/mol. The monoisotopic (exact) mass is 276 g/mol. The number of nitrogens with one attached hydrogen (secondary N) is 2. The number of carbonyl (C=O) groups is 1. The van der Waals surface area contributed by atoms with Gasteiger partial charge in [-0.15, -0.1) is 0 Å². The molecule has 1 heterocycles. The van der Waals surface area contributed by atoms with Crippen molar-refractivity contribution in [1.29, 1.82) is 0 Å². The zero-order chi connectivity index (χ0) is 12.4. The maximum Gasteiger partial charge on any atom is 0.267 e. The number of carbonyl (C=O) groups excluding carboxylic acids is 1. The summed E-state index contributed by atoms with van der Waals surface area (Å²) in [6.45, 7) is 0.480. The first-order chi connectivity index (χ1) is 8.08. The molecule has 3 N–H and O–H groups in total. The number of hydrogen-bond donors (Lipinski definition) is 3. The smallest absolute Gasteiger partial charge is 0.267 e. The lowest BCUT2D eigenvalue weighted by Crippen LogP contribution is -2.32. The lowest BCUT2D eigenvalue weighted by Gasteiger charge is -2.14. The van der Waals surface area contributed by atoms with Crippen molar-refractivity contribution in [3.05, 3.63) is 21.9 Å². The van der Waals surface area contributed by atoms with Crippen LogP contribution in [-0.2, 0) is 0 Å². The van der Waals surface area contributed by atoms with Gasteiger partial charge in [-0.05, 0) is 18.9 Å². The number of amides is 1. The molecule has 1 amide bonds. The number of halogens is 2. The quantitative estimate of drug-likeness (QED) is 0.793. The molecule has 2 unspecified atom stereocenters. The average molecular weight is 277 g/mol. The molecule has 6 heteroatoms. The molecule has 1 aliphatic rings. The van der Waals surface area contributed by atoms with E-state index in [2.05, 4.69) is 10.3 Å². The highest BCUT2D eigenvalue weighted by molar-refractivity contribution is 6.41. The van der Waals surface area contributed by atoms with Crippen LogP contribution in [0, 0.1) is 5.92 Å². The number of aliphatic hydroxyl groups excluding tert-OH is 1. The van der Waals surface area contributed by atoms with Crippen molar-refractivity contribution in [2.24, 2.45) is 5.92 Å². The Hall–Kier alpha value is -0.710. The van der Waals surface area contributed by atoms with Gasteiger partial charge >= 0.3 is 0 Å². The molecule has 0 radical (unpaired) electrons. The first kappa shape index (κ1) is 12.7. The van der Waals surface area contributed by atoms with Crippen LogP contribution in [0.4, 0.5) is 0 Å².